The lowest BCUT2D eigenvalue weighted by atomic mass is 10.2. The van der Waals surface area contributed by atoms with Gasteiger partial charge in [0, 0.05) is 13.2 Å². The molecule has 1 rings (SSSR count). The Kier molecular flexibility index (Phi) is 2.23. The van der Waals surface area contributed by atoms with Crippen LogP contribution in [0.5, 0.6) is 0 Å². The molecule has 0 bridgehead atoms. The van der Waals surface area contributed by atoms with Crippen molar-refractivity contribution in [1.82, 2.24) is 4.98 Å². The van der Waals surface area contributed by atoms with Gasteiger partial charge in [-0.2, -0.15) is 0 Å². The fraction of sp³-hybridized carbons (Fsp3) is 0.143. The van der Waals surface area contributed by atoms with E-state index in [1.165, 1.54) is 13.2 Å². The number of carbonyl (C=O) groups is 1. The largest absolute Gasteiger partial charge is 0.371 e. The first-order valence-electron chi connectivity index (χ1n) is 3.28. The summed E-state index contributed by atoms with van der Waals surface area (Å²) in [5, 5.41) is 2.52. The number of nitrogens with one attached hydrogen (secondary N) is 1. The van der Waals surface area contributed by atoms with E-state index in [0.717, 1.165) is 6.07 Å². The zero-order valence-electron chi connectivity index (χ0n) is 6.47. The summed E-state index contributed by atoms with van der Waals surface area (Å²) in [6.45, 7) is 0. The summed E-state index contributed by atoms with van der Waals surface area (Å²) in [5.41, 5.74) is 4.97. The molecule has 0 saturated carbocycles. The first-order chi connectivity index (χ1) is 5.65. The molecule has 0 aliphatic carbocycles. The van der Waals surface area contributed by atoms with Crippen LogP contribution in [-0.4, -0.2) is 17.9 Å². The third-order valence-electron chi connectivity index (χ3n) is 1.36. The molecular weight excluding hydrogens is 161 g/mol. The lowest BCUT2D eigenvalue weighted by molar-refractivity contribution is 0.0999. The first kappa shape index (κ1) is 8.45. The number of anilines is 1. The number of rotatable bonds is 2. The third kappa shape index (κ3) is 1.50. The van der Waals surface area contributed by atoms with Crippen molar-refractivity contribution in [2.75, 3.05) is 12.4 Å². The third-order valence-corrected chi connectivity index (χ3v) is 1.36. The lowest BCUT2D eigenvalue weighted by Crippen LogP contribution is -2.12. The highest BCUT2D eigenvalue weighted by molar-refractivity contribution is 5.92. The summed E-state index contributed by atoms with van der Waals surface area (Å²) in [4.78, 5) is 14.2. The highest BCUT2D eigenvalue weighted by atomic mass is 19.1. The number of nitrogens with zero attached hydrogens (tertiary/aromatic N) is 1. The minimum atomic E-state index is -0.691. The molecule has 64 valence electrons. The Balaban J connectivity index is 3.10. The van der Waals surface area contributed by atoms with Gasteiger partial charge in [-0.1, -0.05) is 0 Å². The van der Waals surface area contributed by atoms with Crippen LogP contribution in [0.3, 0.4) is 0 Å². The average Bonchev–Trinajstić information content (AvgIpc) is 2.04. The zero-order chi connectivity index (χ0) is 9.14. The van der Waals surface area contributed by atoms with E-state index in [-0.39, 0.29) is 11.4 Å². The van der Waals surface area contributed by atoms with Gasteiger partial charge in [0.15, 0.2) is 11.6 Å². The molecule has 5 heteroatoms. The number of pyridine rings is 1. The number of nitrogens with two attached hydrogens (primary N) is 1. The number of primary amides is 1. The van der Waals surface area contributed by atoms with E-state index in [9.17, 15) is 9.18 Å². The van der Waals surface area contributed by atoms with Crippen molar-refractivity contribution in [1.29, 1.82) is 0 Å². The fourth-order valence-corrected chi connectivity index (χ4v) is 0.757. The van der Waals surface area contributed by atoms with E-state index in [0.29, 0.717) is 0 Å². The van der Waals surface area contributed by atoms with Crippen LogP contribution in [0.4, 0.5) is 10.2 Å². The van der Waals surface area contributed by atoms with E-state index < -0.39 is 11.7 Å². The molecule has 0 aromatic carbocycles. The molecule has 0 unspecified atom stereocenters. The van der Waals surface area contributed by atoms with Gasteiger partial charge in [0.2, 0.25) is 5.91 Å². The van der Waals surface area contributed by atoms with Gasteiger partial charge < -0.3 is 11.1 Å². The zero-order valence-corrected chi connectivity index (χ0v) is 6.47. The van der Waals surface area contributed by atoms with Crippen molar-refractivity contribution in [3.8, 4) is 0 Å². The molecule has 12 heavy (non-hydrogen) atoms. The second-order valence-corrected chi connectivity index (χ2v) is 2.17. The van der Waals surface area contributed by atoms with Crippen LogP contribution in [-0.2, 0) is 0 Å². The van der Waals surface area contributed by atoms with E-state index in [1.54, 1.807) is 0 Å². The molecule has 0 fully saturated rings. The summed E-state index contributed by atoms with van der Waals surface area (Å²) in [5.74, 6) is -1.18. The van der Waals surface area contributed by atoms with Crippen molar-refractivity contribution in [3.05, 3.63) is 23.6 Å². The maximum atomic E-state index is 12.9. The maximum absolute atomic E-state index is 12.9. The van der Waals surface area contributed by atoms with Crippen LogP contribution >= 0.6 is 0 Å². The Bertz CT molecular complexity index is 314. The summed E-state index contributed by atoms with van der Waals surface area (Å²) in [6, 6.07) is 1.04. The van der Waals surface area contributed by atoms with Gasteiger partial charge in [-0.15, -0.1) is 0 Å². The molecule has 0 saturated heterocycles. The SMILES string of the molecule is CNc1ncc(C(N)=O)cc1F. The van der Waals surface area contributed by atoms with Gasteiger partial charge in [0.25, 0.3) is 0 Å². The number of hydrogen-bond donors (Lipinski definition) is 2. The smallest absolute Gasteiger partial charge is 0.250 e. The number of amides is 1. The number of aromatic nitrogens is 1. The van der Waals surface area contributed by atoms with Crippen LogP contribution in [0.2, 0.25) is 0 Å². The van der Waals surface area contributed by atoms with E-state index in [4.69, 9.17) is 5.73 Å². The summed E-state index contributed by atoms with van der Waals surface area (Å²) < 4.78 is 12.9. The highest BCUT2D eigenvalue weighted by Crippen LogP contribution is 2.10. The number of hydrogen-bond acceptors (Lipinski definition) is 3. The normalized spacial score (nSPS) is 9.50. The summed E-state index contributed by atoms with van der Waals surface area (Å²) in [7, 11) is 1.54. The van der Waals surface area contributed by atoms with Crippen molar-refractivity contribution < 1.29 is 9.18 Å². The topological polar surface area (TPSA) is 68.0 Å². The monoisotopic (exact) mass is 169 g/mol. The van der Waals surface area contributed by atoms with E-state index >= 15 is 0 Å². The van der Waals surface area contributed by atoms with Crippen molar-refractivity contribution in [2.45, 2.75) is 0 Å². The molecule has 1 heterocycles. The molecule has 1 amide bonds. The molecule has 0 atom stereocenters. The van der Waals surface area contributed by atoms with Gasteiger partial charge in [0.1, 0.15) is 0 Å². The fourth-order valence-electron chi connectivity index (χ4n) is 0.757. The van der Waals surface area contributed by atoms with Crippen molar-refractivity contribution >= 4 is 11.7 Å². The molecule has 1 aromatic heterocycles. The predicted octanol–water partition coefficient (Wildman–Crippen LogP) is 0.361. The standard InChI is InChI=1S/C7H8FN3O/c1-10-7-5(8)2-4(3-11-7)6(9)12/h2-3H,1H3,(H2,9,12)(H,10,11). The summed E-state index contributed by atoms with van der Waals surface area (Å²) >= 11 is 0. The van der Waals surface area contributed by atoms with Crippen LogP contribution in [0.25, 0.3) is 0 Å². The Morgan fingerprint density at radius 3 is 2.83 bits per heavy atom. The molecule has 0 aliphatic heterocycles. The van der Waals surface area contributed by atoms with E-state index in [1.807, 2.05) is 0 Å². The van der Waals surface area contributed by atoms with Gasteiger partial charge in [-0.3, -0.25) is 4.79 Å². The molecule has 4 nitrogen and oxygen atoms in total. The molecule has 1 aromatic rings. The van der Waals surface area contributed by atoms with Crippen LogP contribution < -0.4 is 11.1 Å². The predicted molar refractivity (Wildman–Crippen MR) is 42.3 cm³/mol. The van der Waals surface area contributed by atoms with Gasteiger partial charge >= 0.3 is 0 Å². The van der Waals surface area contributed by atoms with E-state index in [2.05, 4.69) is 10.3 Å². The second kappa shape index (κ2) is 3.17. The number of halogens is 1. The van der Waals surface area contributed by atoms with Crippen LogP contribution in [0.1, 0.15) is 10.4 Å². The van der Waals surface area contributed by atoms with Gasteiger partial charge in [0.05, 0.1) is 5.56 Å². The Morgan fingerprint density at radius 2 is 2.42 bits per heavy atom. The van der Waals surface area contributed by atoms with Crippen LogP contribution in [0, 0.1) is 5.82 Å². The highest BCUT2D eigenvalue weighted by Gasteiger charge is 2.06. The lowest BCUT2D eigenvalue weighted by Gasteiger charge is -2.00. The maximum Gasteiger partial charge on any atom is 0.250 e. The Labute approximate surface area is 68.6 Å². The van der Waals surface area contributed by atoms with Crippen molar-refractivity contribution in [2.24, 2.45) is 5.73 Å². The molecular formula is C7H8FN3O. The quantitative estimate of drug-likeness (QED) is 0.671. The molecule has 0 spiro atoms. The molecule has 0 aliphatic rings. The number of carbonyl (C=O) groups excluding carboxylic acids is 1. The average molecular weight is 169 g/mol. The molecule has 0 radical (unpaired) electrons. The van der Waals surface area contributed by atoms with Gasteiger partial charge in [-0.25, -0.2) is 9.37 Å². The van der Waals surface area contributed by atoms with Gasteiger partial charge in [-0.05, 0) is 6.07 Å². The van der Waals surface area contributed by atoms with Crippen molar-refractivity contribution in [3.63, 3.8) is 0 Å². The summed E-state index contributed by atoms with van der Waals surface area (Å²) in [6.07, 6.45) is 1.22. The Hall–Kier alpha value is -1.65. The Morgan fingerprint density at radius 1 is 1.75 bits per heavy atom. The first-order valence-corrected chi connectivity index (χ1v) is 3.28. The minimum absolute atomic E-state index is 0.0616. The van der Waals surface area contributed by atoms with Crippen LogP contribution in [0.15, 0.2) is 12.3 Å². The molecule has 3 N–H and O–H groups in total. The second-order valence-electron chi connectivity index (χ2n) is 2.17. The minimum Gasteiger partial charge on any atom is -0.371 e.